The van der Waals surface area contributed by atoms with E-state index >= 15 is 0 Å². The molecule has 0 aliphatic heterocycles. The average molecular weight is 235 g/mol. The molecule has 0 bridgehead atoms. The summed E-state index contributed by atoms with van der Waals surface area (Å²) in [5.74, 6) is 0.0783. The molecule has 17 heavy (non-hydrogen) atoms. The smallest absolute Gasteiger partial charge is 0.237 e. The monoisotopic (exact) mass is 235 g/mol. The Morgan fingerprint density at radius 3 is 2.94 bits per heavy atom. The number of amides is 1. The topological polar surface area (TPSA) is 94.5 Å². The second-order valence-electron chi connectivity index (χ2n) is 4.18. The van der Waals surface area contributed by atoms with E-state index in [4.69, 9.17) is 5.26 Å². The fraction of sp³-hybridized carbons (Fsp3) is 0.636. The Hall–Kier alpha value is -1.90. The second-order valence-corrected chi connectivity index (χ2v) is 4.18. The maximum atomic E-state index is 11.6. The standard InChI is InChI=1S/C11H17N5O/c1-8(2)9(6-12)11(17)13-5-3-4-10-14-7-15-16-10/h7-9H,3-5H2,1-2H3,(H,13,17)(H,14,15,16). The van der Waals surface area contributed by atoms with Gasteiger partial charge in [-0.1, -0.05) is 13.8 Å². The Balaban J connectivity index is 2.22. The molecule has 6 heteroatoms. The van der Waals surface area contributed by atoms with Crippen molar-refractivity contribution in [2.24, 2.45) is 11.8 Å². The molecule has 2 N–H and O–H groups in total. The third-order valence-electron chi connectivity index (χ3n) is 2.44. The van der Waals surface area contributed by atoms with Crippen LogP contribution in [-0.2, 0) is 11.2 Å². The van der Waals surface area contributed by atoms with Gasteiger partial charge in [0.1, 0.15) is 18.1 Å². The summed E-state index contributed by atoms with van der Waals surface area (Å²) in [6, 6.07) is 2.02. The van der Waals surface area contributed by atoms with Crippen LogP contribution in [0.2, 0.25) is 0 Å². The number of hydrogen-bond donors (Lipinski definition) is 2. The molecule has 0 aliphatic rings. The minimum absolute atomic E-state index is 0.0364. The zero-order valence-corrected chi connectivity index (χ0v) is 10.1. The fourth-order valence-electron chi connectivity index (χ4n) is 1.44. The number of aryl methyl sites for hydroxylation is 1. The third kappa shape index (κ3) is 4.23. The van der Waals surface area contributed by atoms with E-state index in [0.717, 1.165) is 18.7 Å². The number of aromatic nitrogens is 3. The van der Waals surface area contributed by atoms with E-state index < -0.39 is 5.92 Å². The van der Waals surface area contributed by atoms with Gasteiger partial charge in [0.05, 0.1) is 6.07 Å². The summed E-state index contributed by atoms with van der Waals surface area (Å²) in [4.78, 5) is 15.6. The van der Waals surface area contributed by atoms with Crippen LogP contribution < -0.4 is 5.32 Å². The molecule has 1 rings (SSSR count). The first-order chi connectivity index (χ1) is 8.15. The first-order valence-electron chi connectivity index (χ1n) is 5.66. The van der Waals surface area contributed by atoms with Crippen LogP contribution in [-0.4, -0.2) is 27.6 Å². The molecule has 0 saturated carbocycles. The molecule has 1 aromatic heterocycles. The van der Waals surface area contributed by atoms with Crippen LogP contribution in [0, 0.1) is 23.2 Å². The van der Waals surface area contributed by atoms with Gasteiger partial charge in [-0.05, 0) is 12.3 Å². The molecule has 1 unspecified atom stereocenters. The predicted molar refractivity (Wildman–Crippen MR) is 61.7 cm³/mol. The number of nitrogens with one attached hydrogen (secondary N) is 2. The molecule has 1 aromatic rings. The average Bonchev–Trinajstić information content (AvgIpc) is 2.77. The van der Waals surface area contributed by atoms with Crippen molar-refractivity contribution >= 4 is 5.91 Å². The van der Waals surface area contributed by atoms with Gasteiger partial charge in [-0.3, -0.25) is 9.89 Å². The zero-order chi connectivity index (χ0) is 12.7. The van der Waals surface area contributed by atoms with Crippen LogP contribution >= 0.6 is 0 Å². The SMILES string of the molecule is CC(C)C(C#N)C(=O)NCCCc1ncn[nH]1. The molecule has 0 aliphatic carbocycles. The molecule has 0 aromatic carbocycles. The van der Waals surface area contributed by atoms with E-state index in [1.165, 1.54) is 6.33 Å². The van der Waals surface area contributed by atoms with Crippen molar-refractivity contribution in [2.75, 3.05) is 6.54 Å². The zero-order valence-electron chi connectivity index (χ0n) is 10.1. The molecule has 1 atom stereocenters. The summed E-state index contributed by atoms with van der Waals surface area (Å²) < 4.78 is 0. The molecule has 1 heterocycles. The number of aromatic amines is 1. The van der Waals surface area contributed by atoms with Gasteiger partial charge in [0.15, 0.2) is 0 Å². The quantitative estimate of drug-likeness (QED) is 0.708. The molecule has 0 radical (unpaired) electrons. The van der Waals surface area contributed by atoms with Crippen LogP contribution in [0.4, 0.5) is 0 Å². The van der Waals surface area contributed by atoms with Crippen LogP contribution in [0.15, 0.2) is 6.33 Å². The lowest BCUT2D eigenvalue weighted by molar-refractivity contribution is -0.124. The lowest BCUT2D eigenvalue weighted by Gasteiger charge is -2.12. The van der Waals surface area contributed by atoms with Crippen molar-refractivity contribution in [3.63, 3.8) is 0 Å². The third-order valence-corrected chi connectivity index (χ3v) is 2.44. The number of carbonyl (C=O) groups excluding carboxylic acids is 1. The number of rotatable bonds is 6. The number of carbonyl (C=O) groups is 1. The second kappa shape index (κ2) is 6.63. The Morgan fingerprint density at radius 2 is 2.41 bits per heavy atom. The van der Waals surface area contributed by atoms with E-state index in [2.05, 4.69) is 20.5 Å². The van der Waals surface area contributed by atoms with Gasteiger partial charge in [-0.25, -0.2) is 4.98 Å². The van der Waals surface area contributed by atoms with Crippen LogP contribution in [0.3, 0.4) is 0 Å². The Kier molecular flexibility index (Phi) is 5.14. The lowest BCUT2D eigenvalue weighted by atomic mass is 9.97. The summed E-state index contributed by atoms with van der Waals surface area (Å²) in [5, 5.41) is 18.1. The van der Waals surface area contributed by atoms with Gasteiger partial charge < -0.3 is 5.32 Å². The molecular formula is C11H17N5O. The summed E-state index contributed by atoms with van der Waals surface area (Å²) in [5.41, 5.74) is 0. The predicted octanol–water partition coefficient (Wildman–Crippen LogP) is 0.649. The lowest BCUT2D eigenvalue weighted by Crippen LogP contribution is -2.33. The molecule has 92 valence electrons. The van der Waals surface area contributed by atoms with Crippen LogP contribution in [0.1, 0.15) is 26.1 Å². The highest BCUT2D eigenvalue weighted by Gasteiger charge is 2.20. The first kappa shape index (κ1) is 13.2. The molecule has 0 fully saturated rings. The van der Waals surface area contributed by atoms with Crippen molar-refractivity contribution in [3.8, 4) is 6.07 Å². The largest absolute Gasteiger partial charge is 0.355 e. The van der Waals surface area contributed by atoms with E-state index in [1.54, 1.807) is 0 Å². The van der Waals surface area contributed by atoms with E-state index in [1.807, 2.05) is 19.9 Å². The number of hydrogen-bond acceptors (Lipinski definition) is 4. The minimum Gasteiger partial charge on any atom is -0.355 e. The number of nitrogens with zero attached hydrogens (tertiary/aromatic N) is 3. The number of nitriles is 1. The van der Waals surface area contributed by atoms with Crippen molar-refractivity contribution in [3.05, 3.63) is 12.2 Å². The highest BCUT2D eigenvalue weighted by Crippen LogP contribution is 2.09. The van der Waals surface area contributed by atoms with E-state index in [0.29, 0.717) is 6.54 Å². The summed E-state index contributed by atoms with van der Waals surface area (Å²) in [6.07, 6.45) is 2.97. The molecular weight excluding hydrogens is 218 g/mol. The highest BCUT2D eigenvalue weighted by atomic mass is 16.1. The van der Waals surface area contributed by atoms with Crippen molar-refractivity contribution in [1.29, 1.82) is 5.26 Å². The normalized spacial score (nSPS) is 12.1. The summed E-state index contributed by atoms with van der Waals surface area (Å²) >= 11 is 0. The molecule has 1 amide bonds. The first-order valence-corrected chi connectivity index (χ1v) is 5.66. The molecule has 6 nitrogen and oxygen atoms in total. The Morgan fingerprint density at radius 1 is 1.65 bits per heavy atom. The number of H-pyrrole nitrogens is 1. The van der Waals surface area contributed by atoms with E-state index in [-0.39, 0.29) is 11.8 Å². The summed E-state index contributed by atoms with van der Waals surface area (Å²) in [6.45, 7) is 4.27. The van der Waals surface area contributed by atoms with Gasteiger partial charge in [-0.15, -0.1) is 0 Å². The maximum Gasteiger partial charge on any atom is 0.237 e. The van der Waals surface area contributed by atoms with Crippen LogP contribution in [0.5, 0.6) is 0 Å². The fourth-order valence-corrected chi connectivity index (χ4v) is 1.44. The van der Waals surface area contributed by atoms with Gasteiger partial charge in [0.2, 0.25) is 5.91 Å². The van der Waals surface area contributed by atoms with Crippen molar-refractivity contribution in [2.45, 2.75) is 26.7 Å². The van der Waals surface area contributed by atoms with Crippen LogP contribution in [0.25, 0.3) is 0 Å². The minimum atomic E-state index is -0.569. The Labute approximate surface area is 100 Å². The van der Waals surface area contributed by atoms with Gasteiger partial charge in [-0.2, -0.15) is 10.4 Å². The molecule has 0 spiro atoms. The highest BCUT2D eigenvalue weighted by molar-refractivity contribution is 5.81. The Bertz CT molecular complexity index is 379. The van der Waals surface area contributed by atoms with Gasteiger partial charge >= 0.3 is 0 Å². The van der Waals surface area contributed by atoms with Crippen molar-refractivity contribution < 1.29 is 4.79 Å². The maximum absolute atomic E-state index is 11.6. The van der Waals surface area contributed by atoms with Crippen molar-refractivity contribution in [1.82, 2.24) is 20.5 Å². The summed E-state index contributed by atoms with van der Waals surface area (Å²) in [7, 11) is 0. The van der Waals surface area contributed by atoms with Gasteiger partial charge in [0.25, 0.3) is 0 Å². The van der Waals surface area contributed by atoms with Gasteiger partial charge in [0, 0.05) is 13.0 Å². The van der Waals surface area contributed by atoms with E-state index in [9.17, 15) is 4.79 Å². The molecule has 0 saturated heterocycles.